The molecule has 0 aliphatic rings. The molecule has 0 aromatic heterocycles. The van der Waals surface area contributed by atoms with Crippen molar-refractivity contribution in [3.63, 3.8) is 0 Å². The molecule has 11 heavy (non-hydrogen) atoms. The molecule has 0 heterocycles. The van der Waals surface area contributed by atoms with E-state index >= 15 is 0 Å². The van der Waals surface area contributed by atoms with Crippen LogP contribution in [0.4, 0.5) is 4.79 Å². The van der Waals surface area contributed by atoms with E-state index in [1.54, 1.807) is 0 Å². The molecule has 0 aromatic carbocycles. The fraction of sp³-hybridized carbons (Fsp3) is 0.857. The summed E-state index contributed by atoms with van der Waals surface area (Å²) in [6.07, 6.45) is 0.988. The molecule has 0 fully saturated rings. The highest BCUT2D eigenvalue weighted by molar-refractivity contribution is 5.85. The quantitative estimate of drug-likeness (QED) is 0.723. The summed E-state index contributed by atoms with van der Waals surface area (Å²) >= 11 is 0. The lowest BCUT2D eigenvalue weighted by molar-refractivity contribution is 0.145. The zero-order valence-corrected chi connectivity index (χ0v) is 7.86. The van der Waals surface area contributed by atoms with E-state index in [1.165, 1.54) is 4.90 Å². The molecule has 0 rings (SSSR count). The number of rotatable bonds is 4. The van der Waals surface area contributed by atoms with Gasteiger partial charge >= 0.3 is 6.09 Å². The van der Waals surface area contributed by atoms with E-state index in [0.29, 0.717) is 13.1 Å². The highest BCUT2D eigenvalue weighted by Gasteiger charge is 2.07. The fourth-order valence-corrected chi connectivity index (χ4v) is 0.843. The summed E-state index contributed by atoms with van der Waals surface area (Å²) < 4.78 is 0. The molecule has 0 aliphatic carbocycles. The molecular formula is C7H16ClNO2. The summed E-state index contributed by atoms with van der Waals surface area (Å²) in [5.74, 6) is 0. The number of nitrogens with zero attached hydrogens (tertiary/aromatic N) is 1. The van der Waals surface area contributed by atoms with Crippen molar-refractivity contribution in [3.8, 4) is 0 Å². The predicted molar refractivity (Wildman–Crippen MR) is 47.4 cm³/mol. The van der Waals surface area contributed by atoms with E-state index < -0.39 is 6.09 Å². The van der Waals surface area contributed by atoms with Gasteiger partial charge < -0.3 is 10.0 Å². The maximum absolute atomic E-state index is 10.4. The lowest BCUT2D eigenvalue weighted by Gasteiger charge is -2.16. The molecule has 4 heteroatoms. The van der Waals surface area contributed by atoms with Gasteiger partial charge in [0.05, 0.1) is 0 Å². The van der Waals surface area contributed by atoms with Gasteiger partial charge in [0.2, 0.25) is 0 Å². The van der Waals surface area contributed by atoms with E-state index in [4.69, 9.17) is 5.11 Å². The van der Waals surface area contributed by atoms with Crippen LogP contribution in [-0.4, -0.2) is 29.2 Å². The Bertz CT molecular complexity index is 103. The van der Waals surface area contributed by atoms with Gasteiger partial charge in [-0.05, 0) is 12.8 Å². The van der Waals surface area contributed by atoms with Crippen LogP contribution in [0.25, 0.3) is 0 Å². The van der Waals surface area contributed by atoms with Gasteiger partial charge in [0.1, 0.15) is 0 Å². The van der Waals surface area contributed by atoms with Gasteiger partial charge in [-0.25, -0.2) is 4.79 Å². The van der Waals surface area contributed by atoms with E-state index in [1.807, 2.05) is 13.8 Å². The van der Waals surface area contributed by atoms with Gasteiger partial charge in [-0.15, -0.1) is 12.4 Å². The van der Waals surface area contributed by atoms with Crippen LogP contribution in [0, 0.1) is 0 Å². The van der Waals surface area contributed by atoms with Crippen molar-refractivity contribution in [3.05, 3.63) is 0 Å². The van der Waals surface area contributed by atoms with Crippen LogP contribution in [0.1, 0.15) is 26.7 Å². The number of carboxylic acid groups (broad SMARTS) is 1. The first kappa shape index (κ1) is 13.2. The molecule has 1 amide bonds. The second kappa shape index (κ2) is 7.66. The van der Waals surface area contributed by atoms with Crippen molar-refractivity contribution in [2.45, 2.75) is 26.7 Å². The summed E-state index contributed by atoms with van der Waals surface area (Å²) in [6, 6.07) is 0. The smallest absolute Gasteiger partial charge is 0.407 e. The van der Waals surface area contributed by atoms with Crippen molar-refractivity contribution in [1.29, 1.82) is 0 Å². The van der Waals surface area contributed by atoms with Gasteiger partial charge in [0, 0.05) is 13.1 Å². The highest BCUT2D eigenvalue weighted by atomic mass is 35.5. The summed E-state index contributed by atoms with van der Waals surface area (Å²) in [7, 11) is 0. The number of hydrogen-bond acceptors (Lipinski definition) is 1. The van der Waals surface area contributed by atoms with Crippen molar-refractivity contribution in [2.24, 2.45) is 0 Å². The topological polar surface area (TPSA) is 40.5 Å². The average Bonchev–Trinajstić information content (AvgIpc) is 1.87. The summed E-state index contributed by atoms with van der Waals surface area (Å²) in [5.41, 5.74) is 0. The minimum Gasteiger partial charge on any atom is -0.465 e. The van der Waals surface area contributed by atoms with E-state index in [0.717, 1.165) is 12.8 Å². The minimum absolute atomic E-state index is 0. The largest absolute Gasteiger partial charge is 0.465 e. The maximum atomic E-state index is 10.4. The Hall–Kier alpha value is -0.440. The van der Waals surface area contributed by atoms with Gasteiger partial charge in [0.15, 0.2) is 0 Å². The van der Waals surface area contributed by atoms with Crippen LogP contribution in [-0.2, 0) is 0 Å². The summed E-state index contributed by atoms with van der Waals surface area (Å²) in [4.78, 5) is 11.8. The second-order valence-electron chi connectivity index (χ2n) is 2.27. The second-order valence-corrected chi connectivity index (χ2v) is 2.27. The zero-order chi connectivity index (χ0) is 7.98. The molecule has 3 nitrogen and oxygen atoms in total. The fourth-order valence-electron chi connectivity index (χ4n) is 0.843. The predicted octanol–water partition coefficient (Wildman–Crippen LogP) is 2.21. The number of hydrogen-bond donors (Lipinski definition) is 1. The molecule has 0 saturated heterocycles. The molecule has 0 aromatic rings. The molecular weight excluding hydrogens is 166 g/mol. The molecule has 0 bridgehead atoms. The van der Waals surface area contributed by atoms with Gasteiger partial charge in [-0.1, -0.05) is 13.8 Å². The minimum atomic E-state index is -0.802. The molecule has 68 valence electrons. The Morgan fingerprint density at radius 3 is 1.82 bits per heavy atom. The normalized spacial score (nSPS) is 8.55. The molecule has 0 unspecified atom stereocenters. The van der Waals surface area contributed by atoms with Crippen LogP contribution in [0.3, 0.4) is 0 Å². The summed E-state index contributed by atoms with van der Waals surface area (Å²) in [6.45, 7) is 5.27. The Balaban J connectivity index is 0. The van der Waals surface area contributed by atoms with Crippen molar-refractivity contribution in [2.75, 3.05) is 13.1 Å². The molecule has 0 atom stereocenters. The summed E-state index contributed by atoms with van der Waals surface area (Å²) in [5, 5.41) is 8.56. The molecule has 0 aliphatic heterocycles. The SMILES string of the molecule is CCCN(CCC)C(=O)O.Cl. The first-order chi connectivity index (χ1) is 4.72. The zero-order valence-electron chi connectivity index (χ0n) is 7.04. The Morgan fingerprint density at radius 1 is 1.27 bits per heavy atom. The van der Waals surface area contributed by atoms with Gasteiger partial charge in [-0.2, -0.15) is 0 Å². The van der Waals surface area contributed by atoms with Crippen LogP contribution in [0.15, 0.2) is 0 Å². The van der Waals surface area contributed by atoms with Crippen LogP contribution >= 0.6 is 12.4 Å². The third-order valence-corrected chi connectivity index (χ3v) is 1.26. The number of amides is 1. The molecule has 0 spiro atoms. The van der Waals surface area contributed by atoms with Crippen LogP contribution in [0.2, 0.25) is 0 Å². The Morgan fingerprint density at radius 2 is 1.64 bits per heavy atom. The molecule has 0 radical (unpaired) electrons. The monoisotopic (exact) mass is 181 g/mol. The number of carbonyl (C=O) groups is 1. The maximum Gasteiger partial charge on any atom is 0.407 e. The van der Waals surface area contributed by atoms with Gasteiger partial charge in [-0.3, -0.25) is 0 Å². The van der Waals surface area contributed by atoms with E-state index in [2.05, 4.69) is 0 Å². The average molecular weight is 182 g/mol. The Labute approximate surface area is 73.8 Å². The van der Waals surface area contributed by atoms with Gasteiger partial charge in [0.25, 0.3) is 0 Å². The van der Waals surface area contributed by atoms with Crippen LogP contribution in [0.5, 0.6) is 0 Å². The van der Waals surface area contributed by atoms with Crippen molar-refractivity contribution >= 4 is 18.5 Å². The van der Waals surface area contributed by atoms with Crippen molar-refractivity contribution in [1.82, 2.24) is 4.90 Å². The molecule has 1 N–H and O–H groups in total. The highest BCUT2D eigenvalue weighted by Crippen LogP contribution is 1.93. The van der Waals surface area contributed by atoms with E-state index in [9.17, 15) is 4.79 Å². The Kier molecular flexibility index (Phi) is 9.18. The third-order valence-electron chi connectivity index (χ3n) is 1.26. The number of halogens is 1. The third kappa shape index (κ3) is 5.98. The standard InChI is InChI=1S/C7H15NO2.ClH/c1-3-5-8(6-4-2)7(9)10;/h3-6H2,1-2H3,(H,9,10);1H. The molecule has 0 saturated carbocycles. The lowest BCUT2D eigenvalue weighted by atomic mass is 10.4. The van der Waals surface area contributed by atoms with Crippen LogP contribution < -0.4 is 0 Å². The first-order valence-electron chi connectivity index (χ1n) is 3.70. The van der Waals surface area contributed by atoms with Crippen molar-refractivity contribution < 1.29 is 9.90 Å². The lowest BCUT2D eigenvalue weighted by Crippen LogP contribution is -2.30. The van der Waals surface area contributed by atoms with E-state index in [-0.39, 0.29) is 12.4 Å². The first-order valence-corrected chi connectivity index (χ1v) is 3.70.